The van der Waals surface area contributed by atoms with E-state index in [0.29, 0.717) is 49.0 Å². The van der Waals surface area contributed by atoms with Crippen molar-refractivity contribution in [2.24, 2.45) is 0 Å². The largest absolute Gasteiger partial charge is 0.497 e. The summed E-state index contributed by atoms with van der Waals surface area (Å²) in [5, 5.41) is 8.83. The molecule has 1 fully saturated rings. The number of rotatable bonds is 8. The molecule has 1 aromatic heterocycles. The van der Waals surface area contributed by atoms with Crippen LogP contribution < -0.4 is 19.1 Å². The third kappa shape index (κ3) is 5.97. The maximum atomic E-state index is 13.6. The fourth-order valence-corrected chi connectivity index (χ4v) is 5.08. The molecule has 42 heavy (non-hydrogen) atoms. The van der Waals surface area contributed by atoms with Crippen molar-refractivity contribution in [2.75, 3.05) is 51.5 Å². The normalized spacial score (nSPS) is 14.0. The molecule has 2 aliphatic rings. The first kappa shape index (κ1) is 27.1. The molecule has 3 aromatic carbocycles. The summed E-state index contributed by atoms with van der Waals surface area (Å²) in [5.74, 6) is 2.38. The van der Waals surface area contributed by atoms with Gasteiger partial charge in [-0.05, 0) is 54.1 Å². The smallest absolute Gasteiger partial charge is 0.254 e. The van der Waals surface area contributed by atoms with Crippen molar-refractivity contribution in [3.05, 3.63) is 96.1 Å². The highest BCUT2D eigenvalue weighted by Gasteiger charge is 2.27. The molecule has 0 saturated carbocycles. The molecule has 0 unspecified atom stereocenters. The molecule has 214 valence electrons. The second-order valence-electron chi connectivity index (χ2n) is 10.1. The van der Waals surface area contributed by atoms with Crippen LogP contribution in [0.2, 0.25) is 0 Å². The molecule has 0 spiro atoms. The van der Waals surface area contributed by atoms with Gasteiger partial charge in [0.25, 0.3) is 5.91 Å². The Kier molecular flexibility index (Phi) is 7.85. The predicted molar refractivity (Wildman–Crippen MR) is 157 cm³/mol. The molecule has 6 rings (SSSR count). The topological polar surface area (TPSA) is 97.3 Å². The first-order valence-corrected chi connectivity index (χ1v) is 13.8. The SMILES string of the molecule is COc1ccc(C(=O)N(CC(=O)N2CCN(c3ccc(-c4ccccc4)nn3)CC2)Cc2ccc3c(c2)OCO3)cc1. The number of amides is 2. The highest BCUT2D eigenvalue weighted by Crippen LogP contribution is 2.33. The summed E-state index contributed by atoms with van der Waals surface area (Å²) in [6.45, 7) is 2.66. The van der Waals surface area contributed by atoms with Crippen LogP contribution in [-0.4, -0.2) is 78.4 Å². The van der Waals surface area contributed by atoms with Gasteiger partial charge in [-0.3, -0.25) is 9.59 Å². The van der Waals surface area contributed by atoms with E-state index in [1.807, 2.05) is 60.7 Å². The zero-order chi connectivity index (χ0) is 28.9. The van der Waals surface area contributed by atoms with Crippen LogP contribution >= 0.6 is 0 Å². The van der Waals surface area contributed by atoms with Crippen LogP contribution in [0.1, 0.15) is 15.9 Å². The van der Waals surface area contributed by atoms with E-state index in [4.69, 9.17) is 14.2 Å². The van der Waals surface area contributed by atoms with E-state index in [1.165, 1.54) is 0 Å². The summed E-state index contributed by atoms with van der Waals surface area (Å²) < 4.78 is 16.2. The average Bonchev–Trinajstić information content (AvgIpc) is 3.53. The highest BCUT2D eigenvalue weighted by atomic mass is 16.7. The van der Waals surface area contributed by atoms with Crippen LogP contribution in [0.15, 0.2) is 84.9 Å². The Morgan fingerprint density at radius 1 is 0.857 bits per heavy atom. The number of carbonyl (C=O) groups is 2. The van der Waals surface area contributed by atoms with E-state index >= 15 is 0 Å². The van der Waals surface area contributed by atoms with Gasteiger partial charge in [-0.2, -0.15) is 0 Å². The molecule has 10 nitrogen and oxygen atoms in total. The number of hydrogen-bond donors (Lipinski definition) is 0. The van der Waals surface area contributed by atoms with Gasteiger partial charge in [-0.15, -0.1) is 10.2 Å². The maximum Gasteiger partial charge on any atom is 0.254 e. The van der Waals surface area contributed by atoms with Crippen molar-refractivity contribution in [1.29, 1.82) is 0 Å². The van der Waals surface area contributed by atoms with Crippen LogP contribution in [0, 0.1) is 0 Å². The second kappa shape index (κ2) is 12.2. The van der Waals surface area contributed by atoms with E-state index < -0.39 is 0 Å². The number of ether oxygens (including phenoxy) is 3. The number of nitrogens with zero attached hydrogens (tertiary/aromatic N) is 5. The quantitative estimate of drug-likeness (QED) is 0.318. The van der Waals surface area contributed by atoms with Crippen LogP contribution in [0.25, 0.3) is 11.3 Å². The molecule has 0 N–H and O–H groups in total. The average molecular weight is 566 g/mol. The number of aromatic nitrogens is 2. The van der Waals surface area contributed by atoms with Crippen molar-refractivity contribution in [1.82, 2.24) is 20.0 Å². The van der Waals surface area contributed by atoms with Crippen LogP contribution in [0.4, 0.5) is 5.82 Å². The molecule has 10 heteroatoms. The number of hydrogen-bond acceptors (Lipinski definition) is 8. The molecular weight excluding hydrogens is 534 g/mol. The lowest BCUT2D eigenvalue weighted by molar-refractivity contribution is -0.132. The summed E-state index contributed by atoms with van der Waals surface area (Å²) in [5.41, 5.74) is 3.15. The van der Waals surface area contributed by atoms with Gasteiger partial charge in [0.15, 0.2) is 17.3 Å². The van der Waals surface area contributed by atoms with Gasteiger partial charge in [-0.1, -0.05) is 36.4 Å². The van der Waals surface area contributed by atoms with Gasteiger partial charge in [-0.25, -0.2) is 0 Å². The molecule has 0 atom stereocenters. The minimum atomic E-state index is -0.240. The molecule has 0 radical (unpaired) electrons. The van der Waals surface area contributed by atoms with E-state index in [0.717, 1.165) is 22.6 Å². The minimum Gasteiger partial charge on any atom is -0.497 e. The van der Waals surface area contributed by atoms with Gasteiger partial charge >= 0.3 is 0 Å². The molecule has 4 aromatic rings. The van der Waals surface area contributed by atoms with Crippen molar-refractivity contribution in [2.45, 2.75) is 6.54 Å². The monoisotopic (exact) mass is 565 g/mol. The highest BCUT2D eigenvalue weighted by molar-refractivity contribution is 5.96. The number of anilines is 1. The van der Waals surface area contributed by atoms with Gasteiger partial charge in [0.05, 0.1) is 12.8 Å². The summed E-state index contributed by atoms with van der Waals surface area (Å²) in [4.78, 5) is 32.6. The molecule has 2 amide bonds. The van der Waals surface area contributed by atoms with Crippen molar-refractivity contribution in [3.8, 4) is 28.5 Å². The van der Waals surface area contributed by atoms with Crippen molar-refractivity contribution >= 4 is 17.6 Å². The molecule has 0 bridgehead atoms. The Morgan fingerprint density at radius 2 is 1.62 bits per heavy atom. The van der Waals surface area contributed by atoms with Crippen LogP contribution in [-0.2, 0) is 11.3 Å². The summed E-state index contributed by atoms with van der Waals surface area (Å²) >= 11 is 0. The number of benzene rings is 3. The summed E-state index contributed by atoms with van der Waals surface area (Å²) in [6, 6.07) is 26.3. The Bertz CT molecular complexity index is 1540. The van der Waals surface area contributed by atoms with Gasteiger partial charge in [0.1, 0.15) is 12.3 Å². The number of piperazine rings is 1. The van der Waals surface area contributed by atoms with Crippen molar-refractivity contribution in [3.63, 3.8) is 0 Å². The third-order valence-electron chi connectivity index (χ3n) is 7.44. The minimum absolute atomic E-state index is 0.0507. The third-order valence-corrected chi connectivity index (χ3v) is 7.44. The van der Waals surface area contributed by atoms with E-state index in [-0.39, 0.29) is 31.7 Å². The van der Waals surface area contributed by atoms with E-state index in [1.54, 1.807) is 41.2 Å². The summed E-state index contributed by atoms with van der Waals surface area (Å²) in [7, 11) is 1.58. The fourth-order valence-electron chi connectivity index (χ4n) is 5.08. The summed E-state index contributed by atoms with van der Waals surface area (Å²) in [6.07, 6.45) is 0. The lowest BCUT2D eigenvalue weighted by atomic mass is 10.1. The lowest BCUT2D eigenvalue weighted by Gasteiger charge is -2.36. The van der Waals surface area contributed by atoms with Crippen LogP contribution in [0.3, 0.4) is 0 Å². The predicted octanol–water partition coefficient (Wildman–Crippen LogP) is 3.87. The number of fused-ring (bicyclic) bond motifs is 1. The molecule has 2 aliphatic heterocycles. The van der Waals surface area contributed by atoms with E-state index in [2.05, 4.69) is 15.1 Å². The first-order chi connectivity index (χ1) is 20.6. The van der Waals surface area contributed by atoms with Gasteiger partial charge < -0.3 is 28.9 Å². The zero-order valence-electron chi connectivity index (χ0n) is 23.3. The van der Waals surface area contributed by atoms with Crippen LogP contribution in [0.5, 0.6) is 17.2 Å². The molecular formula is C32H31N5O5. The Morgan fingerprint density at radius 3 is 2.33 bits per heavy atom. The number of methoxy groups -OCH3 is 1. The fraction of sp³-hybridized carbons (Fsp3) is 0.250. The van der Waals surface area contributed by atoms with Crippen molar-refractivity contribution < 1.29 is 23.8 Å². The molecule has 3 heterocycles. The standard InChI is InChI=1S/C32H31N5O5/c1-40-26-10-8-25(9-11-26)32(39)37(20-23-7-13-28-29(19-23)42-22-41-28)21-31(38)36-17-15-35(16-18-36)30-14-12-27(33-34-30)24-5-3-2-4-6-24/h2-14,19H,15-18,20-22H2,1H3. The Labute approximate surface area is 244 Å². The van der Waals surface area contributed by atoms with Gasteiger partial charge in [0.2, 0.25) is 12.7 Å². The number of carbonyl (C=O) groups excluding carboxylic acids is 2. The zero-order valence-corrected chi connectivity index (χ0v) is 23.3. The first-order valence-electron chi connectivity index (χ1n) is 13.8. The lowest BCUT2D eigenvalue weighted by Crippen LogP contribution is -2.52. The maximum absolute atomic E-state index is 13.6. The Balaban J connectivity index is 1.12. The Hall–Kier alpha value is -5.12. The molecule has 1 saturated heterocycles. The molecule has 0 aliphatic carbocycles. The second-order valence-corrected chi connectivity index (χ2v) is 10.1. The van der Waals surface area contributed by atoms with E-state index in [9.17, 15) is 9.59 Å². The van der Waals surface area contributed by atoms with Gasteiger partial charge in [0, 0.05) is 43.9 Å².